The fourth-order valence-corrected chi connectivity index (χ4v) is 0.989. The predicted molar refractivity (Wildman–Crippen MR) is 53.4 cm³/mol. The second-order valence-electron chi connectivity index (χ2n) is 2.79. The summed E-state index contributed by atoms with van der Waals surface area (Å²) in [6.45, 7) is 2.42. The molecule has 13 heavy (non-hydrogen) atoms. The van der Waals surface area contributed by atoms with E-state index in [1.54, 1.807) is 12.1 Å². The highest BCUT2D eigenvalue weighted by molar-refractivity contribution is 5.47. The van der Waals surface area contributed by atoms with Gasteiger partial charge in [0.05, 0.1) is 0 Å². The maximum Gasteiger partial charge on any atom is 0.119 e. The number of hydrogen-bond donors (Lipinski definition) is 2. The van der Waals surface area contributed by atoms with E-state index >= 15 is 0 Å². The third kappa shape index (κ3) is 2.50. The average Bonchev–Trinajstić information content (AvgIpc) is 2.13. The molecular formula is C11H13NO. The van der Waals surface area contributed by atoms with Crippen molar-refractivity contribution in [1.82, 2.24) is 0 Å². The van der Waals surface area contributed by atoms with Gasteiger partial charge in [0.25, 0.3) is 0 Å². The molecule has 0 radical (unpaired) electrons. The summed E-state index contributed by atoms with van der Waals surface area (Å²) in [7, 11) is 0. The second kappa shape index (κ2) is 4.54. The lowest BCUT2D eigenvalue weighted by atomic mass is 10.1. The molecule has 0 amide bonds. The van der Waals surface area contributed by atoms with E-state index in [1.807, 2.05) is 13.0 Å². The van der Waals surface area contributed by atoms with Crippen molar-refractivity contribution in [3.63, 3.8) is 0 Å². The van der Waals surface area contributed by atoms with Crippen molar-refractivity contribution >= 4 is 0 Å². The highest BCUT2D eigenvalue weighted by atomic mass is 16.3. The Morgan fingerprint density at radius 1 is 1.46 bits per heavy atom. The number of aromatic hydroxyl groups is 1. The topological polar surface area (TPSA) is 46.2 Å². The first-order valence-corrected chi connectivity index (χ1v) is 4.23. The van der Waals surface area contributed by atoms with E-state index in [4.69, 9.17) is 5.73 Å². The van der Waals surface area contributed by atoms with Gasteiger partial charge in [0.2, 0.25) is 0 Å². The van der Waals surface area contributed by atoms with Crippen molar-refractivity contribution in [1.29, 1.82) is 0 Å². The first-order chi connectivity index (χ1) is 6.25. The predicted octanol–water partition coefficient (Wildman–Crippen LogP) is 1.40. The Bertz CT molecular complexity index is 347. The smallest absolute Gasteiger partial charge is 0.119 e. The lowest BCUT2D eigenvalue weighted by Gasteiger charge is -1.99. The van der Waals surface area contributed by atoms with Gasteiger partial charge in [0.15, 0.2) is 0 Å². The molecule has 2 heteroatoms. The molecule has 0 aliphatic rings. The van der Waals surface area contributed by atoms with Crippen molar-refractivity contribution in [2.75, 3.05) is 6.54 Å². The second-order valence-corrected chi connectivity index (χ2v) is 2.79. The minimum absolute atomic E-state index is 0.291. The van der Waals surface area contributed by atoms with Crippen LogP contribution < -0.4 is 5.73 Å². The van der Waals surface area contributed by atoms with Crippen LogP contribution in [0.1, 0.15) is 17.5 Å². The molecule has 2 nitrogen and oxygen atoms in total. The van der Waals surface area contributed by atoms with E-state index in [0.717, 1.165) is 11.1 Å². The minimum atomic E-state index is 0.291. The maximum absolute atomic E-state index is 9.36. The third-order valence-corrected chi connectivity index (χ3v) is 1.80. The fraction of sp³-hybridized carbons (Fsp3) is 0.273. The van der Waals surface area contributed by atoms with Crippen LogP contribution in [0.15, 0.2) is 18.2 Å². The monoisotopic (exact) mass is 175 g/mol. The molecule has 0 spiro atoms. The minimum Gasteiger partial charge on any atom is -0.508 e. The molecule has 0 atom stereocenters. The number of benzene rings is 1. The van der Waals surface area contributed by atoms with Crippen LogP contribution in [0.25, 0.3) is 0 Å². The number of phenols is 1. The molecule has 0 aromatic heterocycles. The van der Waals surface area contributed by atoms with Crippen molar-refractivity contribution < 1.29 is 5.11 Å². The lowest BCUT2D eigenvalue weighted by molar-refractivity contribution is 0.471. The summed E-state index contributed by atoms with van der Waals surface area (Å²) in [6.07, 6.45) is 0.690. The lowest BCUT2D eigenvalue weighted by Crippen LogP contribution is -1.95. The van der Waals surface area contributed by atoms with Gasteiger partial charge in [0.1, 0.15) is 5.75 Å². The van der Waals surface area contributed by atoms with Gasteiger partial charge < -0.3 is 10.8 Å². The molecule has 68 valence electrons. The zero-order chi connectivity index (χ0) is 9.68. The molecule has 0 aliphatic heterocycles. The van der Waals surface area contributed by atoms with Gasteiger partial charge >= 0.3 is 0 Å². The molecule has 0 unspecified atom stereocenters. The molecule has 0 saturated heterocycles. The molecule has 3 N–H and O–H groups in total. The Morgan fingerprint density at radius 2 is 2.23 bits per heavy atom. The van der Waals surface area contributed by atoms with Crippen LogP contribution in [0.2, 0.25) is 0 Å². The van der Waals surface area contributed by atoms with Crippen LogP contribution in [0, 0.1) is 18.8 Å². The Hall–Kier alpha value is -1.46. The van der Waals surface area contributed by atoms with Crippen molar-refractivity contribution in [3.8, 4) is 17.6 Å². The van der Waals surface area contributed by atoms with E-state index in [2.05, 4.69) is 11.8 Å². The highest BCUT2D eigenvalue weighted by Crippen LogP contribution is 2.18. The van der Waals surface area contributed by atoms with Gasteiger partial charge in [-0.1, -0.05) is 17.9 Å². The largest absolute Gasteiger partial charge is 0.508 e. The molecule has 0 saturated carbocycles. The number of rotatable bonds is 1. The summed E-state index contributed by atoms with van der Waals surface area (Å²) in [5.41, 5.74) is 7.00. The number of nitrogens with two attached hydrogens (primary N) is 1. The standard InChI is InChI=1S/C11H13NO/c1-9-10(5-2-3-8-12)6-4-7-11(9)13/h4,6-7,13H,3,8,12H2,1H3. The molecule has 0 aliphatic carbocycles. The van der Waals surface area contributed by atoms with Gasteiger partial charge in [-0.05, 0) is 19.1 Å². The highest BCUT2D eigenvalue weighted by Gasteiger charge is 1.97. The third-order valence-electron chi connectivity index (χ3n) is 1.80. The van der Waals surface area contributed by atoms with Gasteiger partial charge in [-0.25, -0.2) is 0 Å². The summed E-state index contributed by atoms with van der Waals surface area (Å²) in [6, 6.07) is 5.33. The maximum atomic E-state index is 9.36. The van der Waals surface area contributed by atoms with E-state index in [9.17, 15) is 5.11 Å². The normalized spacial score (nSPS) is 9.08. The van der Waals surface area contributed by atoms with E-state index in [0.29, 0.717) is 18.7 Å². The van der Waals surface area contributed by atoms with Crippen molar-refractivity contribution in [3.05, 3.63) is 29.3 Å². The van der Waals surface area contributed by atoms with Crippen LogP contribution in [-0.4, -0.2) is 11.7 Å². The molecule has 0 bridgehead atoms. The van der Waals surface area contributed by atoms with Crippen LogP contribution in [0.4, 0.5) is 0 Å². The Balaban J connectivity index is 2.91. The van der Waals surface area contributed by atoms with E-state index in [1.165, 1.54) is 0 Å². The SMILES string of the molecule is Cc1c(O)cccc1C#CCCN. The first-order valence-electron chi connectivity index (χ1n) is 4.23. The molecular weight excluding hydrogens is 162 g/mol. The fourth-order valence-electron chi connectivity index (χ4n) is 0.989. The Kier molecular flexibility index (Phi) is 3.36. The molecule has 1 aromatic carbocycles. The van der Waals surface area contributed by atoms with Crippen LogP contribution >= 0.6 is 0 Å². The number of hydrogen-bond acceptors (Lipinski definition) is 2. The van der Waals surface area contributed by atoms with Crippen molar-refractivity contribution in [2.45, 2.75) is 13.3 Å². The Labute approximate surface area is 78.4 Å². The number of phenolic OH excluding ortho intramolecular Hbond substituents is 1. The summed E-state index contributed by atoms with van der Waals surface area (Å²) < 4.78 is 0. The molecule has 0 fully saturated rings. The Morgan fingerprint density at radius 3 is 2.92 bits per heavy atom. The summed E-state index contributed by atoms with van der Waals surface area (Å²) in [5, 5.41) is 9.36. The average molecular weight is 175 g/mol. The molecule has 1 rings (SSSR count). The molecule has 0 heterocycles. The van der Waals surface area contributed by atoms with E-state index in [-0.39, 0.29) is 0 Å². The van der Waals surface area contributed by atoms with Gasteiger partial charge in [0, 0.05) is 24.1 Å². The zero-order valence-electron chi connectivity index (χ0n) is 7.67. The van der Waals surface area contributed by atoms with Crippen LogP contribution in [-0.2, 0) is 0 Å². The molecule has 1 aromatic rings. The summed E-state index contributed by atoms with van der Waals surface area (Å²) >= 11 is 0. The van der Waals surface area contributed by atoms with Gasteiger partial charge in [-0.15, -0.1) is 0 Å². The van der Waals surface area contributed by atoms with Crippen LogP contribution in [0.5, 0.6) is 5.75 Å². The zero-order valence-corrected chi connectivity index (χ0v) is 7.67. The first kappa shape index (κ1) is 9.63. The quantitative estimate of drug-likeness (QED) is 0.634. The summed E-state index contributed by atoms with van der Waals surface area (Å²) in [4.78, 5) is 0. The van der Waals surface area contributed by atoms with Gasteiger partial charge in [-0.3, -0.25) is 0 Å². The van der Waals surface area contributed by atoms with Gasteiger partial charge in [-0.2, -0.15) is 0 Å². The summed E-state index contributed by atoms with van der Waals surface area (Å²) in [5.74, 6) is 6.19. The van der Waals surface area contributed by atoms with Crippen LogP contribution in [0.3, 0.4) is 0 Å². The van der Waals surface area contributed by atoms with Crippen molar-refractivity contribution in [2.24, 2.45) is 5.73 Å². The van der Waals surface area contributed by atoms with E-state index < -0.39 is 0 Å².